The van der Waals surface area contributed by atoms with Gasteiger partial charge in [0.1, 0.15) is 5.82 Å². The second-order valence-electron chi connectivity index (χ2n) is 5.19. The molecule has 0 aliphatic rings. The molecule has 1 aromatic rings. The molecule has 0 aliphatic carbocycles. The minimum Gasteiger partial charge on any atom is -0.385 e. The van der Waals surface area contributed by atoms with Gasteiger partial charge in [-0.3, -0.25) is 4.79 Å². The zero-order valence-electron chi connectivity index (χ0n) is 13.2. The number of nitrogens with zero attached hydrogens (tertiary/aromatic N) is 3. The van der Waals surface area contributed by atoms with Gasteiger partial charge in [0.25, 0.3) is 5.91 Å². The lowest BCUT2D eigenvalue weighted by atomic mass is 10.2. The predicted octanol–water partition coefficient (Wildman–Crippen LogP) is 2.90. The molecule has 1 aromatic heterocycles. The molecular weight excluding hydrogens is 252 g/mol. The molecule has 20 heavy (non-hydrogen) atoms. The second kappa shape index (κ2) is 7.82. The van der Waals surface area contributed by atoms with Crippen LogP contribution in [-0.4, -0.2) is 40.9 Å². The van der Waals surface area contributed by atoms with Crippen LogP contribution >= 0.6 is 0 Å². The molecule has 0 saturated heterocycles. The lowest BCUT2D eigenvalue weighted by Crippen LogP contribution is -2.34. The summed E-state index contributed by atoms with van der Waals surface area (Å²) in [7, 11) is 1.79. The normalized spacial score (nSPS) is 10.7. The summed E-state index contributed by atoms with van der Waals surface area (Å²) in [5.74, 6) is 0.904. The monoisotopic (exact) mass is 278 g/mol. The summed E-state index contributed by atoms with van der Waals surface area (Å²) in [6.07, 6.45) is 3.59. The van der Waals surface area contributed by atoms with Gasteiger partial charge in [0.15, 0.2) is 5.69 Å². The lowest BCUT2D eigenvalue weighted by molar-refractivity contribution is 0.0750. The van der Waals surface area contributed by atoms with E-state index in [1.807, 2.05) is 18.7 Å². The quantitative estimate of drug-likeness (QED) is 0.833. The van der Waals surface area contributed by atoms with Crippen LogP contribution < -0.4 is 5.32 Å². The van der Waals surface area contributed by atoms with E-state index in [4.69, 9.17) is 0 Å². The summed E-state index contributed by atoms with van der Waals surface area (Å²) in [4.78, 5) is 23.3. The average molecular weight is 278 g/mol. The Bertz CT molecular complexity index is 439. The maximum atomic E-state index is 12.7. The molecule has 1 N–H and O–H groups in total. The van der Waals surface area contributed by atoms with Gasteiger partial charge in [-0.25, -0.2) is 9.97 Å². The van der Waals surface area contributed by atoms with Crippen molar-refractivity contribution < 1.29 is 4.79 Å². The van der Waals surface area contributed by atoms with E-state index < -0.39 is 0 Å². The molecule has 0 aliphatic heterocycles. The molecule has 112 valence electrons. The van der Waals surface area contributed by atoms with Crippen molar-refractivity contribution in [1.29, 1.82) is 0 Å². The smallest absolute Gasteiger partial charge is 0.274 e. The first kappa shape index (κ1) is 16.4. The van der Waals surface area contributed by atoms with Crippen molar-refractivity contribution in [1.82, 2.24) is 14.9 Å². The Morgan fingerprint density at radius 1 is 1.30 bits per heavy atom. The Morgan fingerprint density at radius 3 is 2.35 bits per heavy atom. The highest BCUT2D eigenvalue weighted by Crippen LogP contribution is 2.18. The van der Waals surface area contributed by atoms with Gasteiger partial charge in [-0.15, -0.1) is 0 Å². The van der Waals surface area contributed by atoms with E-state index in [0.717, 1.165) is 25.9 Å². The Kier molecular flexibility index (Phi) is 6.42. The largest absolute Gasteiger partial charge is 0.385 e. The van der Waals surface area contributed by atoms with Crippen molar-refractivity contribution in [2.45, 2.75) is 46.5 Å². The third-order valence-electron chi connectivity index (χ3n) is 3.07. The van der Waals surface area contributed by atoms with Crippen LogP contribution in [0.15, 0.2) is 6.20 Å². The highest BCUT2D eigenvalue weighted by atomic mass is 16.2. The molecule has 5 nitrogen and oxygen atoms in total. The summed E-state index contributed by atoms with van der Waals surface area (Å²) in [6, 6.07) is 0. The predicted molar refractivity (Wildman–Crippen MR) is 82.2 cm³/mol. The van der Waals surface area contributed by atoms with E-state index in [9.17, 15) is 4.79 Å². The van der Waals surface area contributed by atoms with Gasteiger partial charge in [0.05, 0.1) is 11.9 Å². The van der Waals surface area contributed by atoms with Crippen molar-refractivity contribution >= 4 is 11.6 Å². The molecular formula is C15H26N4O. The van der Waals surface area contributed by atoms with Crippen LogP contribution in [0.3, 0.4) is 0 Å². The summed E-state index contributed by atoms with van der Waals surface area (Å²) in [5.41, 5.74) is 1.17. The van der Waals surface area contributed by atoms with Gasteiger partial charge >= 0.3 is 0 Å². The van der Waals surface area contributed by atoms with E-state index in [-0.39, 0.29) is 11.8 Å². The fraction of sp³-hybridized carbons (Fsp3) is 0.667. The molecule has 1 heterocycles. The molecule has 0 aromatic carbocycles. The maximum absolute atomic E-state index is 12.7. The fourth-order valence-electron chi connectivity index (χ4n) is 2.02. The minimum absolute atomic E-state index is 0.0117. The van der Waals surface area contributed by atoms with Crippen LogP contribution in [0.5, 0.6) is 0 Å². The summed E-state index contributed by atoms with van der Waals surface area (Å²) in [6.45, 7) is 9.73. The van der Waals surface area contributed by atoms with Crippen LogP contribution in [0.25, 0.3) is 0 Å². The fourth-order valence-corrected chi connectivity index (χ4v) is 2.02. The molecule has 0 spiro atoms. The van der Waals surface area contributed by atoms with E-state index in [0.29, 0.717) is 17.2 Å². The molecule has 0 unspecified atom stereocenters. The van der Waals surface area contributed by atoms with E-state index in [1.165, 1.54) is 0 Å². The van der Waals surface area contributed by atoms with Crippen molar-refractivity contribution in [3.05, 3.63) is 17.7 Å². The van der Waals surface area contributed by atoms with Gasteiger partial charge in [0.2, 0.25) is 0 Å². The lowest BCUT2D eigenvalue weighted by Gasteiger charge is -2.22. The van der Waals surface area contributed by atoms with Crippen molar-refractivity contribution in [2.75, 3.05) is 25.5 Å². The Morgan fingerprint density at radius 2 is 1.90 bits per heavy atom. The minimum atomic E-state index is -0.0117. The number of anilines is 1. The summed E-state index contributed by atoms with van der Waals surface area (Å²) in [5, 5.41) is 3.01. The maximum Gasteiger partial charge on any atom is 0.274 e. The van der Waals surface area contributed by atoms with Gasteiger partial charge in [-0.05, 0) is 12.8 Å². The van der Waals surface area contributed by atoms with Gasteiger partial charge < -0.3 is 10.2 Å². The van der Waals surface area contributed by atoms with Gasteiger partial charge in [0, 0.05) is 26.1 Å². The van der Waals surface area contributed by atoms with E-state index >= 15 is 0 Å². The Labute approximate surface area is 121 Å². The number of rotatable bonds is 7. The summed E-state index contributed by atoms with van der Waals surface area (Å²) < 4.78 is 0. The number of nitrogens with one attached hydrogen (secondary N) is 1. The zero-order valence-corrected chi connectivity index (χ0v) is 13.2. The van der Waals surface area contributed by atoms with Crippen LogP contribution in [0, 0.1) is 0 Å². The molecule has 5 heteroatoms. The van der Waals surface area contributed by atoms with Gasteiger partial charge in [-0.1, -0.05) is 27.7 Å². The molecule has 0 bridgehead atoms. The van der Waals surface area contributed by atoms with Crippen LogP contribution in [-0.2, 0) is 0 Å². The highest BCUT2D eigenvalue weighted by Gasteiger charge is 2.20. The summed E-state index contributed by atoms with van der Waals surface area (Å²) >= 11 is 0. The molecule has 1 amide bonds. The third-order valence-corrected chi connectivity index (χ3v) is 3.07. The van der Waals surface area contributed by atoms with Crippen molar-refractivity contribution in [3.63, 3.8) is 0 Å². The van der Waals surface area contributed by atoms with Crippen molar-refractivity contribution in [2.24, 2.45) is 0 Å². The standard InChI is InChI=1S/C15H26N4O/c1-6-8-19(9-7-2)15(20)13-12(16-5)10-17-14(18-13)11(3)4/h10-11,16H,6-9H2,1-5H3. The average Bonchev–Trinajstić information content (AvgIpc) is 2.45. The molecule has 0 saturated carbocycles. The first-order valence-electron chi connectivity index (χ1n) is 7.39. The first-order valence-corrected chi connectivity index (χ1v) is 7.39. The number of aromatic nitrogens is 2. The van der Waals surface area contributed by atoms with E-state index in [1.54, 1.807) is 13.2 Å². The first-order chi connectivity index (χ1) is 9.54. The Hall–Kier alpha value is -1.65. The highest BCUT2D eigenvalue weighted by molar-refractivity contribution is 5.97. The molecule has 1 rings (SSSR count). The van der Waals surface area contributed by atoms with E-state index in [2.05, 4.69) is 29.1 Å². The van der Waals surface area contributed by atoms with Crippen LogP contribution in [0.1, 0.15) is 62.8 Å². The second-order valence-corrected chi connectivity index (χ2v) is 5.19. The zero-order chi connectivity index (χ0) is 15.1. The molecule has 0 fully saturated rings. The topological polar surface area (TPSA) is 58.1 Å². The van der Waals surface area contributed by atoms with Crippen LogP contribution in [0.2, 0.25) is 0 Å². The number of carbonyl (C=O) groups excluding carboxylic acids is 1. The SMILES string of the molecule is CCCN(CCC)C(=O)c1nc(C(C)C)ncc1NC. The van der Waals surface area contributed by atoms with Crippen LogP contribution in [0.4, 0.5) is 5.69 Å². The number of hydrogen-bond donors (Lipinski definition) is 1. The Balaban J connectivity index is 3.13. The number of amides is 1. The van der Waals surface area contributed by atoms with Gasteiger partial charge in [-0.2, -0.15) is 0 Å². The van der Waals surface area contributed by atoms with Crippen molar-refractivity contribution in [3.8, 4) is 0 Å². The number of hydrogen-bond acceptors (Lipinski definition) is 4. The molecule has 0 atom stereocenters. The number of carbonyl (C=O) groups is 1. The third kappa shape index (κ3) is 3.92. The molecule has 0 radical (unpaired) electrons.